The average Bonchev–Trinajstić information content (AvgIpc) is 3.40. The molecule has 1 aromatic carbocycles. The van der Waals surface area contributed by atoms with Gasteiger partial charge in [-0.3, -0.25) is 14.6 Å². The smallest absolute Gasteiger partial charge is 0.274 e. The minimum absolute atomic E-state index is 0.0512. The second-order valence-corrected chi connectivity index (χ2v) is 9.82. The van der Waals surface area contributed by atoms with Crippen LogP contribution >= 0.6 is 0 Å². The summed E-state index contributed by atoms with van der Waals surface area (Å²) in [4.78, 5) is 44.2. The Labute approximate surface area is 222 Å². The number of nitrogens with zero attached hydrogens (tertiary/aromatic N) is 6. The maximum Gasteiger partial charge on any atom is 0.274 e. The molecule has 0 saturated carbocycles. The van der Waals surface area contributed by atoms with Gasteiger partial charge in [-0.15, -0.1) is 0 Å². The number of anilines is 2. The molecule has 6 rings (SSSR count). The molecule has 5 heterocycles. The van der Waals surface area contributed by atoms with Gasteiger partial charge in [0.05, 0.1) is 17.3 Å². The standard InChI is InChI=1S/C28H23FN8O2/c1-15-13-30-12-10-19(15)32-26(38)22-20-23(35-27(39)28(20,2)3)34-24(33-22)21-17-8-6-11-31-25(17)37(36-21)14-16-7-4-5-9-18(16)29/h4-13H,14H2,1-3H3,(H,30,32,38)(H,33,34,35,39). The molecule has 194 valence electrons. The van der Waals surface area contributed by atoms with Gasteiger partial charge in [-0.1, -0.05) is 18.2 Å². The number of carbonyl (C=O) groups excluding carboxylic acids is 2. The van der Waals surface area contributed by atoms with Gasteiger partial charge in [0.15, 0.2) is 11.5 Å². The van der Waals surface area contributed by atoms with Crippen molar-refractivity contribution in [2.45, 2.75) is 32.7 Å². The van der Waals surface area contributed by atoms with E-state index in [1.54, 1.807) is 67.5 Å². The van der Waals surface area contributed by atoms with Gasteiger partial charge in [0, 0.05) is 35.4 Å². The number of aryl methyl sites for hydroxylation is 1. The Morgan fingerprint density at radius 2 is 1.92 bits per heavy atom. The molecule has 1 aliphatic heterocycles. The Morgan fingerprint density at radius 3 is 2.72 bits per heavy atom. The first-order valence-corrected chi connectivity index (χ1v) is 12.3. The summed E-state index contributed by atoms with van der Waals surface area (Å²) >= 11 is 0. The number of benzene rings is 1. The van der Waals surface area contributed by atoms with Crippen LogP contribution in [0.3, 0.4) is 0 Å². The number of nitrogens with one attached hydrogen (secondary N) is 2. The molecule has 11 heteroatoms. The van der Waals surface area contributed by atoms with E-state index in [9.17, 15) is 14.0 Å². The predicted octanol–water partition coefficient (Wildman–Crippen LogP) is 4.26. The van der Waals surface area contributed by atoms with Crippen molar-refractivity contribution in [3.05, 3.63) is 89.3 Å². The Morgan fingerprint density at radius 1 is 1.10 bits per heavy atom. The van der Waals surface area contributed by atoms with E-state index in [0.29, 0.717) is 33.5 Å². The fraction of sp³-hybridized carbons (Fsp3) is 0.179. The van der Waals surface area contributed by atoms with Crippen molar-refractivity contribution >= 4 is 34.4 Å². The molecule has 0 fully saturated rings. The zero-order valence-electron chi connectivity index (χ0n) is 21.4. The molecule has 0 spiro atoms. The van der Waals surface area contributed by atoms with Crippen LogP contribution in [0.1, 0.15) is 41.0 Å². The van der Waals surface area contributed by atoms with Gasteiger partial charge < -0.3 is 10.6 Å². The number of aromatic nitrogens is 6. The number of rotatable bonds is 5. The number of halogens is 1. The van der Waals surface area contributed by atoms with E-state index in [-0.39, 0.29) is 35.6 Å². The molecule has 10 nitrogen and oxygen atoms in total. The summed E-state index contributed by atoms with van der Waals surface area (Å²) in [6.45, 7) is 5.39. The van der Waals surface area contributed by atoms with Gasteiger partial charge in [-0.2, -0.15) is 5.10 Å². The third-order valence-electron chi connectivity index (χ3n) is 6.81. The highest BCUT2D eigenvalue weighted by Gasteiger charge is 2.44. The van der Waals surface area contributed by atoms with Crippen LogP contribution in [0.25, 0.3) is 22.6 Å². The molecule has 0 radical (unpaired) electrons. The summed E-state index contributed by atoms with van der Waals surface area (Å²) in [5.41, 5.74) is 2.05. The Hall–Kier alpha value is -5.06. The fourth-order valence-electron chi connectivity index (χ4n) is 4.66. The van der Waals surface area contributed by atoms with E-state index < -0.39 is 11.3 Å². The van der Waals surface area contributed by atoms with Crippen LogP contribution in [0, 0.1) is 12.7 Å². The molecule has 4 aromatic heterocycles. The lowest BCUT2D eigenvalue weighted by Crippen LogP contribution is -2.29. The molecule has 0 atom stereocenters. The molecule has 39 heavy (non-hydrogen) atoms. The van der Waals surface area contributed by atoms with Crippen LogP contribution in [-0.2, 0) is 16.8 Å². The quantitative estimate of drug-likeness (QED) is 0.353. The molecule has 5 aromatic rings. The number of amides is 2. The lowest BCUT2D eigenvalue weighted by molar-refractivity contribution is -0.119. The average molecular weight is 523 g/mol. The normalized spacial score (nSPS) is 13.8. The van der Waals surface area contributed by atoms with Crippen molar-refractivity contribution in [3.63, 3.8) is 0 Å². The van der Waals surface area contributed by atoms with Crippen molar-refractivity contribution < 1.29 is 14.0 Å². The van der Waals surface area contributed by atoms with E-state index in [4.69, 9.17) is 0 Å². The Bertz CT molecular complexity index is 1800. The van der Waals surface area contributed by atoms with E-state index in [1.807, 2.05) is 13.0 Å². The molecule has 0 bridgehead atoms. The summed E-state index contributed by atoms with van der Waals surface area (Å²) in [6.07, 6.45) is 4.84. The zero-order chi connectivity index (χ0) is 27.3. The van der Waals surface area contributed by atoms with Crippen LogP contribution in [-0.4, -0.2) is 41.5 Å². The maximum atomic E-state index is 14.4. The second kappa shape index (κ2) is 9.05. The molecule has 2 amide bonds. The van der Waals surface area contributed by atoms with Gasteiger partial charge in [-0.25, -0.2) is 24.0 Å². The number of fused-ring (bicyclic) bond motifs is 2. The van der Waals surface area contributed by atoms with Crippen LogP contribution in [0.4, 0.5) is 15.9 Å². The highest BCUT2D eigenvalue weighted by atomic mass is 19.1. The summed E-state index contributed by atoms with van der Waals surface area (Å²) in [5.74, 6) is -0.777. The van der Waals surface area contributed by atoms with Gasteiger partial charge in [0.25, 0.3) is 5.91 Å². The van der Waals surface area contributed by atoms with E-state index >= 15 is 0 Å². The number of pyridine rings is 2. The Balaban J connectivity index is 1.51. The zero-order valence-corrected chi connectivity index (χ0v) is 21.4. The van der Waals surface area contributed by atoms with Gasteiger partial charge >= 0.3 is 0 Å². The minimum atomic E-state index is -1.04. The molecule has 0 aliphatic carbocycles. The van der Waals surface area contributed by atoms with E-state index in [2.05, 4.69) is 35.7 Å². The van der Waals surface area contributed by atoms with Crippen molar-refractivity contribution in [3.8, 4) is 11.5 Å². The van der Waals surface area contributed by atoms with Crippen molar-refractivity contribution in [2.75, 3.05) is 10.6 Å². The van der Waals surface area contributed by atoms with E-state index in [1.165, 1.54) is 6.07 Å². The fourth-order valence-corrected chi connectivity index (χ4v) is 4.66. The number of carbonyl (C=O) groups is 2. The van der Waals surface area contributed by atoms with Gasteiger partial charge in [0.2, 0.25) is 5.91 Å². The van der Waals surface area contributed by atoms with Gasteiger partial charge in [0.1, 0.15) is 23.0 Å². The van der Waals surface area contributed by atoms with Crippen molar-refractivity contribution in [1.29, 1.82) is 0 Å². The molecular weight excluding hydrogens is 499 g/mol. The summed E-state index contributed by atoms with van der Waals surface area (Å²) < 4.78 is 16.0. The highest BCUT2D eigenvalue weighted by molar-refractivity contribution is 6.12. The van der Waals surface area contributed by atoms with Gasteiger partial charge in [-0.05, 0) is 50.6 Å². The van der Waals surface area contributed by atoms with Crippen LogP contribution in [0.5, 0.6) is 0 Å². The van der Waals surface area contributed by atoms with Crippen LogP contribution < -0.4 is 10.6 Å². The Kier molecular flexibility index (Phi) is 5.63. The third kappa shape index (κ3) is 4.08. The second-order valence-electron chi connectivity index (χ2n) is 9.82. The summed E-state index contributed by atoms with van der Waals surface area (Å²) in [7, 11) is 0. The maximum absolute atomic E-state index is 14.4. The first kappa shape index (κ1) is 24.3. The SMILES string of the molecule is Cc1cnccc1NC(=O)c1nc(-c2nn(Cc3ccccc3F)c3ncccc23)nc2c1C(C)(C)C(=O)N2. The molecule has 0 unspecified atom stereocenters. The summed E-state index contributed by atoms with van der Waals surface area (Å²) in [6, 6.07) is 11.7. The molecular formula is C28H23FN8O2. The predicted molar refractivity (Wildman–Crippen MR) is 143 cm³/mol. The van der Waals surface area contributed by atoms with Crippen molar-refractivity contribution in [2.24, 2.45) is 0 Å². The van der Waals surface area contributed by atoms with Crippen molar-refractivity contribution in [1.82, 2.24) is 29.7 Å². The third-order valence-corrected chi connectivity index (χ3v) is 6.81. The first-order chi connectivity index (χ1) is 18.7. The topological polar surface area (TPSA) is 128 Å². The largest absolute Gasteiger partial charge is 0.320 e. The molecule has 0 saturated heterocycles. The highest BCUT2D eigenvalue weighted by Crippen LogP contribution is 2.40. The lowest BCUT2D eigenvalue weighted by atomic mass is 9.85. The van der Waals surface area contributed by atoms with Crippen LogP contribution in [0.2, 0.25) is 0 Å². The van der Waals surface area contributed by atoms with E-state index in [0.717, 1.165) is 5.56 Å². The monoisotopic (exact) mass is 522 g/mol. The molecule has 1 aliphatic rings. The number of hydrogen-bond donors (Lipinski definition) is 2. The lowest BCUT2D eigenvalue weighted by Gasteiger charge is -2.18. The summed E-state index contributed by atoms with van der Waals surface area (Å²) in [5, 5.41) is 11.0. The minimum Gasteiger partial charge on any atom is -0.320 e. The molecule has 2 N–H and O–H groups in total. The van der Waals surface area contributed by atoms with Crippen LogP contribution in [0.15, 0.2) is 61.1 Å². The number of hydrogen-bond acceptors (Lipinski definition) is 7. The first-order valence-electron chi connectivity index (χ1n) is 12.3.